The standard InChI is InChI=1S/C29H20N4S/c30-15-21-8-10-22(11-9-21)18-33(19-26-17-32-20-34-26)25-13-12-24(16-31)29(14-25)28-7-3-5-23-4-1-2-6-27(23)28/h1-14,17,20H,18-19H2. The zero-order chi connectivity index (χ0) is 23.3. The minimum absolute atomic E-state index is 0.648. The van der Waals surface area contributed by atoms with Gasteiger partial charge in [-0.2, -0.15) is 10.5 Å². The van der Waals surface area contributed by atoms with Gasteiger partial charge >= 0.3 is 0 Å². The van der Waals surface area contributed by atoms with Crippen molar-refractivity contribution in [2.75, 3.05) is 4.90 Å². The quantitative estimate of drug-likeness (QED) is 0.278. The van der Waals surface area contributed by atoms with Crippen molar-refractivity contribution in [3.63, 3.8) is 0 Å². The highest BCUT2D eigenvalue weighted by atomic mass is 32.1. The molecule has 5 aromatic rings. The maximum atomic E-state index is 9.88. The first kappa shape index (κ1) is 21.4. The van der Waals surface area contributed by atoms with Crippen LogP contribution in [0.4, 0.5) is 5.69 Å². The molecule has 0 saturated carbocycles. The minimum Gasteiger partial charge on any atom is -0.362 e. The molecule has 5 heteroatoms. The lowest BCUT2D eigenvalue weighted by Crippen LogP contribution is -2.21. The number of fused-ring (bicyclic) bond motifs is 1. The Balaban J connectivity index is 1.59. The molecular formula is C29H20N4S. The number of thiazole rings is 1. The second-order valence-electron chi connectivity index (χ2n) is 8.00. The van der Waals surface area contributed by atoms with Crippen LogP contribution in [0, 0.1) is 22.7 Å². The molecule has 162 valence electrons. The molecule has 0 saturated heterocycles. The first-order valence-electron chi connectivity index (χ1n) is 10.9. The van der Waals surface area contributed by atoms with Crippen LogP contribution in [-0.4, -0.2) is 4.98 Å². The van der Waals surface area contributed by atoms with E-state index in [0.717, 1.165) is 38.0 Å². The third-order valence-electron chi connectivity index (χ3n) is 5.86. The highest BCUT2D eigenvalue weighted by Crippen LogP contribution is 2.34. The Bertz CT molecular complexity index is 1520. The minimum atomic E-state index is 0.648. The lowest BCUT2D eigenvalue weighted by Gasteiger charge is -2.25. The van der Waals surface area contributed by atoms with E-state index >= 15 is 0 Å². The summed E-state index contributed by atoms with van der Waals surface area (Å²) in [7, 11) is 0. The van der Waals surface area contributed by atoms with Gasteiger partial charge in [-0.25, -0.2) is 0 Å². The predicted octanol–water partition coefficient (Wildman–Crippen LogP) is 6.91. The van der Waals surface area contributed by atoms with Gasteiger partial charge in [0.05, 0.1) is 35.3 Å². The first-order valence-corrected chi connectivity index (χ1v) is 11.8. The summed E-state index contributed by atoms with van der Waals surface area (Å²) in [6.45, 7) is 1.37. The summed E-state index contributed by atoms with van der Waals surface area (Å²) in [5, 5.41) is 21.3. The molecule has 1 aromatic heterocycles. The van der Waals surface area contributed by atoms with E-state index in [2.05, 4.69) is 52.4 Å². The van der Waals surface area contributed by atoms with Crippen molar-refractivity contribution >= 4 is 27.8 Å². The molecule has 0 fully saturated rings. The van der Waals surface area contributed by atoms with E-state index in [1.54, 1.807) is 11.3 Å². The van der Waals surface area contributed by atoms with Gasteiger partial charge in [-0.15, -0.1) is 11.3 Å². The number of aromatic nitrogens is 1. The van der Waals surface area contributed by atoms with Crippen molar-refractivity contribution in [3.05, 3.63) is 118 Å². The van der Waals surface area contributed by atoms with Crippen molar-refractivity contribution in [1.82, 2.24) is 4.98 Å². The highest BCUT2D eigenvalue weighted by molar-refractivity contribution is 7.09. The summed E-state index contributed by atoms with van der Waals surface area (Å²) in [5.74, 6) is 0. The van der Waals surface area contributed by atoms with Gasteiger partial charge in [-0.3, -0.25) is 4.98 Å². The SMILES string of the molecule is N#Cc1ccc(CN(Cc2cncs2)c2ccc(C#N)c(-c3cccc4ccccc34)c2)cc1. The molecule has 0 aliphatic carbocycles. The van der Waals surface area contributed by atoms with Gasteiger partial charge in [0.1, 0.15) is 0 Å². The topological polar surface area (TPSA) is 63.7 Å². The molecule has 4 aromatic carbocycles. The summed E-state index contributed by atoms with van der Waals surface area (Å²) < 4.78 is 0. The van der Waals surface area contributed by atoms with E-state index in [0.29, 0.717) is 24.2 Å². The Hall–Kier alpha value is -4.45. The Morgan fingerprint density at radius 1 is 0.794 bits per heavy atom. The number of benzene rings is 4. The van der Waals surface area contributed by atoms with E-state index in [9.17, 15) is 5.26 Å². The third-order valence-corrected chi connectivity index (χ3v) is 6.62. The normalized spacial score (nSPS) is 10.5. The van der Waals surface area contributed by atoms with Gasteiger partial charge < -0.3 is 4.90 Å². The number of nitrogens with zero attached hydrogens (tertiary/aromatic N) is 4. The molecule has 5 rings (SSSR count). The number of hydrogen-bond acceptors (Lipinski definition) is 5. The van der Waals surface area contributed by atoms with Gasteiger partial charge in [-0.1, -0.05) is 54.6 Å². The van der Waals surface area contributed by atoms with E-state index in [-0.39, 0.29) is 0 Å². The monoisotopic (exact) mass is 456 g/mol. The van der Waals surface area contributed by atoms with Crippen molar-refractivity contribution in [2.45, 2.75) is 13.1 Å². The molecule has 0 aliphatic rings. The van der Waals surface area contributed by atoms with Crippen LogP contribution in [0.3, 0.4) is 0 Å². The fourth-order valence-corrected chi connectivity index (χ4v) is 4.77. The van der Waals surface area contributed by atoms with Gasteiger partial charge in [0.2, 0.25) is 0 Å². The molecule has 0 spiro atoms. The van der Waals surface area contributed by atoms with Crippen LogP contribution in [0.1, 0.15) is 21.6 Å². The van der Waals surface area contributed by atoms with Crippen molar-refractivity contribution in [3.8, 4) is 23.3 Å². The molecular weight excluding hydrogens is 436 g/mol. The number of nitriles is 2. The van der Waals surface area contributed by atoms with Crippen LogP contribution in [0.15, 0.2) is 96.6 Å². The Morgan fingerprint density at radius 2 is 1.62 bits per heavy atom. The molecule has 0 aliphatic heterocycles. The lowest BCUT2D eigenvalue weighted by atomic mass is 9.94. The van der Waals surface area contributed by atoms with E-state index in [4.69, 9.17) is 5.26 Å². The average molecular weight is 457 g/mol. The number of hydrogen-bond donors (Lipinski definition) is 0. The summed E-state index contributed by atoms with van der Waals surface area (Å²) in [6.07, 6.45) is 1.89. The van der Waals surface area contributed by atoms with Crippen molar-refractivity contribution in [2.24, 2.45) is 0 Å². The fourth-order valence-electron chi connectivity index (χ4n) is 4.16. The number of rotatable bonds is 6. The lowest BCUT2D eigenvalue weighted by molar-refractivity contribution is 0.808. The summed E-state index contributed by atoms with van der Waals surface area (Å²) in [5.41, 5.74) is 7.25. The molecule has 0 amide bonds. The van der Waals surface area contributed by atoms with Crippen molar-refractivity contribution in [1.29, 1.82) is 10.5 Å². The molecule has 0 bridgehead atoms. The number of anilines is 1. The Morgan fingerprint density at radius 3 is 2.38 bits per heavy atom. The smallest absolute Gasteiger partial charge is 0.0998 e. The van der Waals surface area contributed by atoms with Crippen LogP contribution < -0.4 is 4.90 Å². The predicted molar refractivity (Wildman–Crippen MR) is 137 cm³/mol. The van der Waals surface area contributed by atoms with Gasteiger partial charge in [-0.05, 0) is 52.2 Å². The first-order chi connectivity index (χ1) is 16.7. The fraction of sp³-hybridized carbons (Fsp3) is 0.0690. The maximum Gasteiger partial charge on any atom is 0.0998 e. The molecule has 1 heterocycles. The zero-order valence-corrected chi connectivity index (χ0v) is 19.2. The van der Waals surface area contributed by atoms with Crippen LogP contribution in [0.5, 0.6) is 0 Å². The van der Waals surface area contributed by atoms with Crippen LogP contribution >= 0.6 is 11.3 Å². The maximum absolute atomic E-state index is 9.88. The van der Waals surface area contributed by atoms with Gasteiger partial charge in [0, 0.05) is 28.9 Å². The summed E-state index contributed by atoms with van der Waals surface area (Å²) in [6, 6.07) is 32.7. The second-order valence-corrected chi connectivity index (χ2v) is 8.97. The highest BCUT2D eigenvalue weighted by Gasteiger charge is 2.15. The second kappa shape index (κ2) is 9.58. The van der Waals surface area contributed by atoms with Crippen LogP contribution in [0.25, 0.3) is 21.9 Å². The molecule has 0 N–H and O–H groups in total. The molecule has 0 radical (unpaired) electrons. The Kier molecular flexibility index (Phi) is 6.03. The molecule has 0 unspecified atom stereocenters. The molecule has 0 atom stereocenters. The third kappa shape index (κ3) is 4.38. The summed E-state index contributed by atoms with van der Waals surface area (Å²) in [4.78, 5) is 7.68. The molecule has 34 heavy (non-hydrogen) atoms. The molecule has 4 nitrogen and oxygen atoms in total. The average Bonchev–Trinajstić information content (AvgIpc) is 3.41. The van der Waals surface area contributed by atoms with Gasteiger partial charge in [0.25, 0.3) is 0 Å². The Labute approximate surface area is 202 Å². The largest absolute Gasteiger partial charge is 0.362 e. The van der Waals surface area contributed by atoms with Crippen LogP contribution in [0.2, 0.25) is 0 Å². The van der Waals surface area contributed by atoms with Gasteiger partial charge in [0.15, 0.2) is 0 Å². The van der Waals surface area contributed by atoms with E-state index in [1.807, 2.05) is 66.3 Å². The van der Waals surface area contributed by atoms with E-state index < -0.39 is 0 Å². The zero-order valence-electron chi connectivity index (χ0n) is 18.3. The van der Waals surface area contributed by atoms with Crippen molar-refractivity contribution < 1.29 is 0 Å². The summed E-state index contributed by atoms with van der Waals surface area (Å²) >= 11 is 1.62. The van der Waals surface area contributed by atoms with Crippen LogP contribution in [-0.2, 0) is 13.1 Å². The van der Waals surface area contributed by atoms with E-state index in [1.165, 1.54) is 0 Å².